The van der Waals surface area contributed by atoms with Crippen LogP contribution in [0.25, 0.3) is 0 Å². The van der Waals surface area contributed by atoms with E-state index in [0.29, 0.717) is 5.56 Å². The first-order valence-electron chi connectivity index (χ1n) is 5.94. The smallest absolute Gasteiger partial charge is 0.270 e. The summed E-state index contributed by atoms with van der Waals surface area (Å²) >= 11 is 0. The second-order valence-electron chi connectivity index (χ2n) is 4.20. The predicted octanol–water partition coefficient (Wildman–Crippen LogP) is 3.05. The van der Waals surface area contributed by atoms with Crippen LogP contribution in [0, 0.1) is 10.1 Å². The lowest BCUT2D eigenvalue weighted by Gasteiger charge is -2.01. The van der Waals surface area contributed by atoms with Gasteiger partial charge in [0.1, 0.15) is 0 Å². The van der Waals surface area contributed by atoms with E-state index in [-0.39, 0.29) is 23.5 Å². The fraction of sp³-hybridized carbons (Fsp3) is 0.0667. The monoisotopic (exact) mass is 269 g/mol. The number of nitrogens with zero attached hydrogens (tertiary/aromatic N) is 1. The van der Waals surface area contributed by atoms with E-state index in [9.17, 15) is 19.7 Å². The Kier molecular flexibility index (Phi) is 4.00. The lowest BCUT2D eigenvalue weighted by Crippen LogP contribution is -2.08. The molecule has 0 aromatic heterocycles. The van der Waals surface area contributed by atoms with Crippen LogP contribution in [0.2, 0.25) is 0 Å². The van der Waals surface area contributed by atoms with Gasteiger partial charge in [0, 0.05) is 23.3 Å². The molecule has 0 atom stereocenters. The summed E-state index contributed by atoms with van der Waals surface area (Å²) in [4.78, 5) is 33.9. The molecule has 0 amide bonds. The maximum Gasteiger partial charge on any atom is 0.270 e. The van der Waals surface area contributed by atoms with Gasteiger partial charge in [-0.05, 0) is 0 Å². The number of hydrogen-bond donors (Lipinski definition) is 0. The van der Waals surface area contributed by atoms with Crippen molar-refractivity contribution in [1.82, 2.24) is 0 Å². The zero-order chi connectivity index (χ0) is 14.5. The second-order valence-corrected chi connectivity index (χ2v) is 4.20. The molecule has 2 aromatic rings. The molecular weight excluding hydrogens is 258 g/mol. The molecule has 5 heteroatoms. The number of ketones is 2. The zero-order valence-electron chi connectivity index (χ0n) is 10.5. The van der Waals surface area contributed by atoms with E-state index in [1.54, 1.807) is 30.3 Å². The average Bonchev–Trinajstić information content (AvgIpc) is 2.48. The molecule has 5 nitrogen and oxygen atoms in total. The van der Waals surface area contributed by atoms with Crippen LogP contribution in [-0.2, 0) is 0 Å². The number of carbonyl (C=O) groups is 2. The molecule has 0 heterocycles. The van der Waals surface area contributed by atoms with E-state index < -0.39 is 10.7 Å². The van der Waals surface area contributed by atoms with Gasteiger partial charge < -0.3 is 0 Å². The average molecular weight is 269 g/mol. The first-order valence-corrected chi connectivity index (χ1v) is 5.94. The molecule has 0 spiro atoms. The minimum atomic E-state index is -0.574. The number of Topliss-reactive ketones (excluding diaryl/α,β-unsaturated/α-hetero) is 2. The maximum absolute atomic E-state index is 12.0. The number of rotatable bonds is 5. The predicted molar refractivity (Wildman–Crippen MR) is 72.8 cm³/mol. The van der Waals surface area contributed by atoms with Crippen LogP contribution in [0.15, 0.2) is 54.6 Å². The van der Waals surface area contributed by atoms with E-state index in [2.05, 4.69) is 0 Å². The SMILES string of the molecule is O=C(CC(=O)c1cccc([N+](=O)[O-])c1)c1ccccc1. The summed E-state index contributed by atoms with van der Waals surface area (Å²) < 4.78 is 0. The molecule has 2 rings (SSSR count). The molecule has 0 aliphatic carbocycles. The van der Waals surface area contributed by atoms with Crippen molar-refractivity contribution in [3.8, 4) is 0 Å². The molecule has 0 bridgehead atoms. The Balaban J connectivity index is 2.15. The van der Waals surface area contributed by atoms with Crippen LogP contribution < -0.4 is 0 Å². The Morgan fingerprint density at radius 3 is 2.15 bits per heavy atom. The number of nitro groups is 1. The standard InChI is InChI=1S/C15H11NO4/c17-14(11-5-2-1-3-6-11)10-15(18)12-7-4-8-13(9-12)16(19)20/h1-9H,10H2. The lowest BCUT2D eigenvalue weighted by molar-refractivity contribution is -0.384. The van der Waals surface area contributed by atoms with Gasteiger partial charge in [0.25, 0.3) is 5.69 Å². The van der Waals surface area contributed by atoms with Gasteiger partial charge in [-0.1, -0.05) is 42.5 Å². The Bertz CT molecular complexity index is 665. The van der Waals surface area contributed by atoms with Gasteiger partial charge in [0.15, 0.2) is 11.6 Å². The van der Waals surface area contributed by atoms with Crippen molar-refractivity contribution in [3.63, 3.8) is 0 Å². The van der Waals surface area contributed by atoms with Crippen molar-refractivity contribution in [1.29, 1.82) is 0 Å². The molecule has 0 N–H and O–H groups in total. The third kappa shape index (κ3) is 3.14. The van der Waals surface area contributed by atoms with Gasteiger partial charge in [-0.15, -0.1) is 0 Å². The Morgan fingerprint density at radius 2 is 1.50 bits per heavy atom. The molecule has 20 heavy (non-hydrogen) atoms. The van der Waals surface area contributed by atoms with E-state index in [0.717, 1.165) is 0 Å². The number of hydrogen-bond acceptors (Lipinski definition) is 4. The van der Waals surface area contributed by atoms with Crippen LogP contribution in [-0.4, -0.2) is 16.5 Å². The third-order valence-electron chi connectivity index (χ3n) is 2.80. The summed E-state index contributed by atoms with van der Waals surface area (Å²) in [5, 5.41) is 10.6. The van der Waals surface area contributed by atoms with Gasteiger partial charge in [0.05, 0.1) is 11.3 Å². The fourth-order valence-electron chi connectivity index (χ4n) is 1.77. The van der Waals surface area contributed by atoms with E-state index in [1.165, 1.54) is 24.3 Å². The molecule has 0 unspecified atom stereocenters. The number of non-ortho nitro benzene ring substituents is 1. The molecule has 0 radical (unpaired) electrons. The lowest BCUT2D eigenvalue weighted by atomic mass is 10.0. The number of carbonyl (C=O) groups excluding carboxylic acids is 2. The zero-order valence-corrected chi connectivity index (χ0v) is 10.5. The quantitative estimate of drug-likeness (QED) is 0.362. The summed E-state index contributed by atoms with van der Waals surface area (Å²) in [7, 11) is 0. The van der Waals surface area contributed by atoms with Gasteiger partial charge in [-0.2, -0.15) is 0 Å². The van der Waals surface area contributed by atoms with Crippen LogP contribution in [0.5, 0.6) is 0 Å². The molecule has 0 saturated carbocycles. The molecular formula is C15H11NO4. The largest absolute Gasteiger partial charge is 0.294 e. The van der Waals surface area contributed by atoms with Gasteiger partial charge in [0.2, 0.25) is 0 Å². The van der Waals surface area contributed by atoms with E-state index in [1.807, 2.05) is 0 Å². The van der Waals surface area contributed by atoms with Gasteiger partial charge >= 0.3 is 0 Å². The minimum Gasteiger partial charge on any atom is -0.294 e. The molecule has 0 aliphatic heterocycles. The van der Waals surface area contributed by atoms with E-state index >= 15 is 0 Å². The van der Waals surface area contributed by atoms with Crippen molar-refractivity contribution in [2.24, 2.45) is 0 Å². The van der Waals surface area contributed by atoms with Crippen molar-refractivity contribution < 1.29 is 14.5 Å². The molecule has 0 saturated heterocycles. The summed E-state index contributed by atoms with van der Waals surface area (Å²) in [6.07, 6.45) is -0.300. The van der Waals surface area contributed by atoms with Gasteiger partial charge in [-0.25, -0.2) is 0 Å². The van der Waals surface area contributed by atoms with Crippen LogP contribution in [0.1, 0.15) is 27.1 Å². The van der Waals surface area contributed by atoms with Crippen molar-refractivity contribution in [3.05, 3.63) is 75.8 Å². The number of benzene rings is 2. The molecule has 100 valence electrons. The summed E-state index contributed by atoms with van der Waals surface area (Å²) in [5.41, 5.74) is 0.456. The number of nitro benzene ring substituents is 1. The Labute approximate surface area is 115 Å². The maximum atomic E-state index is 12.0. The second kappa shape index (κ2) is 5.88. The van der Waals surface area contributed by atoms with Crippen molar-refractivity contribution >= 4 is 17.3 Å². The van der Waals surface area contributed by atoms with Crippen LogP contribution in [0.3, 0.4) is 0 Å². The van der Waals surface area contributed by atoms with Crippen molar-refractivity contribution in [2.45, 2.75) is 6.42 Å². The summed E-state index contributed by atoms with van der Waals surface area (Å²) in [5.74, 6) is -0.732. The highest BCUT2D eigenvalue weighted by molar-refractivity contribution is 6.13. The first kappa shape index (κ1) is 13.6. The van der Waals surface area contributed by atoms with Crippen LogP contribution in [0.4, 0.5) is 5.69 Å². The summed E-state index contributed by atoms with van der Waals surface area (Å²) in [6, 6.07) is 13.8. The third-order valence-corrected chi connectivity index (χ3v) is 2.80. The summed E-state index contributed by atoms with van der Waals surface area (Å²) in [6.45, 7) is 0. The molecule has 0 fully saturated rings. The van der Waals surface area contributed by atoms with Gasteiger partial charge in [-0.3, -0.25) is 19.7 Å². The molecule has 2 aromatic carbocycles. The first-order chi connectivity index (χ1) is 9.58. The van der Waals surface area contributed by atoms with Crippen molar-refractivity contribution in [2.75, 3.05) is 0 Å². The van der Waals surface area contributed by atoms with E-state index in [4.69, 9.17) is 0 Å². The highest BCUT2D eigenvalue weighted by Crippen LogP contribution is 2.15. The highest BCUT2D eigenvalue weighted by atomic mass is 16.6. The van der Waals surface area contributed by atoms with Crippen LogP contribution >= 0.6 is 0 Å². The normalized spacial score (nSPS) is 10.0. The minimum absolute atomic E-state index is 0.164. The fourth-order valence-corrected chi connectivity index (χ4v) is 1.77. The highest BCUT2D eigenvalue weighted by Gasteiger charge is 2.15. The Morgan fingerprint density at radius 1 is 0.900 bits per heavy atom. The topological polar surface area (TPSA) is 77.3 Å². The molecule has 0 aliphatic rings. The Hall–Kier alpha value is -2.82.